The van der Waals surface area contributed by atoms with Gasteiger partial charge in [0.25, 0.3) is 0 Å². The van der Waals surface area contributed by atoms with E-state index in [4.69, 9.17) is 0 Å². The number of fused-ring (bicyclic) bond motifs is 1. The Balaban J connectivity index is 1.72. The van der Waals surface area contributed by atoms with Gasteiger partial charge in [-0.15, -0.1) is 0 Å². The summed E-state index contributed by atoms with van der Waals surface area (Å²) in [6.45, 7) is 4.50. The predicted molar refractivity (Wildman–Crippen MR) is 107 cm³/mol. The fourth-order valence-corrected chi connectivity index (χ4v) is 4.42. The fraction of sp³-hybridized carbons (Fsp3) is 0.286. The number of sulfonamides is 1. The number of hydrogen-bond acceptors (Lipinski definition) is 3. The molecule has 2 aromatic carbocycles. The van der Waals surface area contributed by atoms with Crippen LogP contribution < -0.4 is 4.72 Å². The summed E-state index contributed by atoms with van der Waals surface area (Å²) in [5, 5.41) is 0. The lowest BCUT2D eigenvalue weighted by molar-refractivity contribution is -0.128. The van der Waals surface area contributed by atoms with Gasteiger partial charge in [-0.3, -0.25) is 4.79 Å². The third-order valence-electron chi connectivity index (χ3n) is 4.87. The molecule has 3 rings (SSSR count). The van der Waals surface area contributed by atoms with Crippen LogP contribution in [0.2, 0.25) is 0 Å². The number of nitrogens with one attached hydrogen (secondary N) is 1. The average Bonchev–Trinajstić information content (AvgIpc) is 2.67. The molecule has 1 heterocycles. The molecule has 2 aromatic rings. The van der Waals surface area contributed by atoms with Crippen LogP contribution in [0.4, 0.5) is 4.39 Å². The Kier molecular flexibility index (Phi) is 5.96. The second kappa shape index (κ2) is 8.24. The van der Waals surface area contributed by atoms with Crippen LogP contribution in [0.5, 0.6) is 0 Å². The first kappa shape index (κ1) is 20.2. The van der Waals surface area contributed by atoms with Gasteiger partial charge in [0.1, 0.15) is 5.82 Å². The second-order valence-electron chi connectivity index (χ2n) is 6.70. The Morgan fingerprint density at radius 1 is 1.25 bits per heavy atom. The molecule has 0 saturated heterocycles. The SMILES string of the molecule is CCNS(=O)(=O)c1ccc(/C=C/C(=O)N2CCc3ccc(F)cc3C2C)cc1. The van der Waals surface area contributed by atoms with Gasteiger partial charge in [-0.05, 0) is 60.4 Å². The fourth-order valence-electron chi connectivity index (χ4n) is 3.38. The van der Waals surface area contributed by atoms with E-state index in [9.17, 15) is 17.6 Å². The van der Waals surface area contributed by atoms with Crippen molar-refractivity contribution in [2.75, 3.05) is 13.1 Å². The summed E-state index contributed by atoms with van der Waals surface area (Å²) >= 11 is 0. The second-order valence-corrected chi connectivity index (χ2v) is 8.47. The molecule has 1 N–H and O–H groups in total. The van der Waals surface area contributed by atoms with Crippen molar-refractivity contribution >= 4 is 22.0 Å². The van der Waals surface area contributed by atoms with Gasteiger partial charge in [0.15, 0.2) is 0 Å². The standard InChI is InChI=1S/C21H23FN2O3S/c1-3-23-28(26,27)19-9-4-16(5-10-19)6-11-21(25)24-13-12-17-7-8-18(22)14-20(17)15(24)2/h4-11,14-15,23H,3,12-13H2,1-2H3/b11-6+. The lowest BCUT2D eigenvalue weighted by atomic mass is 9.93. The zero-order valence-electron chi connectivity index (χ0n) is 15.9. The van der Waals surface area contributed by atoms with Crippen LogP contribution in [0.15, 0.2) is 53.4 Å². The van der Waals surface area contributed by atoms with Gasteiger partial charge < -0.3 is 4.90 Å². The van der Waals surface area contributed by atoms with E-state index in [1.54, 1.807) is 36.1 Å². The summed E-state index contributed by atoms with van der Waals surface area (Å²) in [4.78, 5) is 14.5. The Morgan fingerprint density at radius 2 is 1.96 bits per heavy atom. The molecule has 0 aromatic heterocycles. The van der Waals surface area contributed by atoms with Crippen LogP contribution in [0.1, 0.15) is 36.6 Å². The van der Waals surface area contributed by atoms with Crippen LogP contribution in [0, 0.1) is 5.82 Å². The lowest BCUT2D eigenvalue weighted by Crippen LogP contribution is -2.37. The Bertz CT molecular complexity index is 1000. The molecule has 1 aliphatic rings. The minimum atomic E-state index is -3.49. The zero-order chi connectivity index (χ0) is 20.3. The molecule has 0 bridgehead atoms. The van der Waals surface area contributed by atoms with Gasteiger partial charge in [-0.25, -0.2) is 17.5 Å². The van der Waals surface area contributed by atoms with Gasteiger partial charge in [0.05, 0.1) is 10.9 Å². The summed E-state index contributed by atoms with van der Waals surface area (Å²) < 4.78 is 39.9. The van der Waals surface area contributed by atoms with Crippen molar-refractivity contribution in [3.05, 3.63) is 71.0 Å². The van der Waals surface area contributed by atoms with Crippen LogP contribution in [-0.2, 0) is 21.2 Å². The number of benzene rings is 2. The maximum Gasteiger partial charge on any atom is 0.247 e. The van der Waals surface area contributed by atoms with E-state index in [2.05, 4.69) is 4.72 Å². The molecule has 1 aliphatic heterocycles. The number of carbonyl (C=O) groups is 1. The minimum Gasteiger partial charge on any atom is -0.332 e. The first-order chi connectivity index (χ1) is 13.3. The number of amides is 1. The first-order valence-electron chi connectivity index (χ1n) is 9.18. The van der Waals surface area contributed by atoms with E-state index in [1.165, 1.54) is 30.3 Å². The van der Waals surface area contributed by atoms with Crippen LogP contribution in [0.3, 0.4) is 0 Å². The Labute approximate surface area is 164 Å². The van der Waals surface area contributed by atoms with E-state index in [-0.39, 0.29) is 22.7 Å². The summed E-state index contributed by atoms with van der Waals surface area (Å²) in [6.07, 6.45) is 3.81. The quantitative estimate of drug-likeness (QED) is 0.781. The Morgan fingerprint density at radius 3 is 2.64 bits per heavy atom. The highest BCUT2D eigenvalue weighted by Crippen LogP contribution is 2.30. The molecular weight excluding hydrogens is 379 g/mol. The van der Waals surface area contributed by atoms with E-state index < -0.39 is 10.0 Å². The summed E-state index contributed by atoms with van der Waals surface area (Å²) in [5.41, 5.74) is 2.63. The zero-order valence-corrected chi connectivity index (χ0v) is 16.7. The van der Waals surface area contributed by atoms with E-state index in [1.807, 2.05) is 6.92 Å². The predicted octanol–water partition coefficient (Wildman–Crippen LogP) is 3.28. The molecule has 0 saturated carbocycles. The average molecular weight is 402 g/mol. The number of halogens is 1. The summed E-state index contributed by atoms with van der Waals surface area (Å²) in [7, 11) is -3.49. The van der Waals surface area contributed by atoms with Crippen LogP contribution in [-0.4, -0.2) is 32.3 Å². The maximum atomic E-state index is 13.6. The number of carbonyl (C=O) groups excluding carboxylic acids is 1. The molecule has 5 nitrogen and oxygen atoms in total. The molecule has 1 unspecified atom stereocenters. The van der Waals surface area contributed by atoms with Gasteiger partial charge in [-0.2, -0.15) is 0 Å². The van der Waals surface area contributed by atoms with Crippen LogP contribution in [0.25, 0.3) is 6.08 Å². The number of hydrogen-bond donors (Lipinski definition) is 1. The molecule has 148 valence electrons. The van der Waals surface area contributed by atoms with E-state index in [0.29, 0.717) is 19.5 Å². The van der Waals surface area contributed by atoms with Crippen molar-refractivity contribution in [1.29, 1.82) is 0 Å². The van der Waals surface area contributed by atoms with Gasteiger partial charge >= 0.3 is 0 Å². The largest absolute Gasteiger partial charge is 0.332 e. The summed E-state index contributed by atoms with van der Waals surface area (Å²) in [6, 6.07) is 10.8. The monoisotopic (exact) mass is 402 g/mol. The molecule has 0 aliphatic carbocycles. The highest BCUT2D eigenvalue weighted by Gasteiger charge is 2.26. The number of rotatable bonds is 5. The molecule has 7 heteroatoms. The third-order valence-corrected chi connectivity index (χ3v) is 6.44. The van der Waals surface area contributed by atoms with Crippen LogP contribution >= 0.6 is 0 Å². The van der Waals surface area contributed by atoms with E-state index >= 15 is 0 Å². The maximum absolute atomic E-state index is 13.6. The van der Waals surface area contributed by atoms with Crippen molar-refractivity contribution in [3.8, 4) is 0 Å². The Hall–Kier alpha value is -2.51. The molecule has 1 atom stereocenters. The smallest absolute Gasteiger partial charge is 0.247 e. The molecule has 0 fully saturated rings. The normalized spacial score (nSPS) is 17.0. The molecule has 0 radical (unpaired) electrons. The van der Waals surface area contributed by atoms with Crippen molar-refractivity contribution in [2.45, 2.75) is 31.2 Å². The molecule has 1 amide bonds. The lowest BCUT2D eigenvalue weighted by Gasteiger charge is -2.34. The minimum absolute atomic E-state index is 0.160. The first-order valence-corrected chi connectivity index (χ1v) is 10.7. The highest BCUT2D eigenvalue weighted by molar-refractivity contribution is 7.89. The topological polar surface area (TPSA) is 66.5 Å². The van der Waals surface area contributed by atoms with Crippen molar-refractivity contribution < 1.29 is 17.6 Å². The van der Waals surface area contributed by atoms with Crippen molar-refractivity contribution in [2.24, 2.45) is 0 Å². The summed E-state index contributed by atoms with van der Waals surface area (Å²) in [5.74, 6) is -0.463. The van der Waals surface area contributed by atoms with Gasteiger partial charge in [-0.1, -0.05) is 25.1 Å². The third kappa shape index (κ3) is 4.31. The molecular formula is C21H23FN2O3S. The van der Waals surface area contributed by atoms with Crippen molar-refractivity contribution in [3.63, 3.8) is 0 Å². The number of nitrogens with zero attached hydrogens (tertiary/aromatic N) is 1. The highest BCUT2D eigenvalue weighted by atomic mass is 32.2. The molecule has 0 spiro atoms. The van der Waals surface area contributed by atoms with Gasteiger partial charge in [0, 0.05) is 19.2 Å². The molecule has 28 heavy (non-hydrogen) atoms. The van der Waals surface area contributed by atoms with Crippen molar-refractivity contribution in [1.82, 2.24) is 9.62 Å². The van der Waals surface area contributed by atoms with E-state index in [0.717, 1.165) is 16.7 Å². The van der Waals surface area contributed by atoms with Gasteiger partial charge in [0.2, 0.25) is 15.9 Å².